The lowest BCUT2D eigenvalue weighted by molar-refractivity contribution is 0.161. The first-order valence-electron chi connectivity index (χ1n) is 7.63. The third-order valence-corrected chi connectivity index (χ3v) is 5.33. The minimum Gasteiger partial charge on any atom is -0.387 e. The summed E-state index contributed by atoms with van der Waals surface area (Å²) in [6, 6.07) is 3.52. The van der Waals surface area contributed by atoms with E-state index in [0.717, 1.165) is 27.7 Å². The van der Waals surface area contributed by atoms with Crippen molar-refractivity contribution in [1.82, 2.24) is 10.3 Å². The first-order valence-corrected chi connectivity index (χ1v) is 8.45. The summed E-state index contributed by atoms with van der Waals surface area (Å²) in [6.07, 6.45) is -1.24. The third kappa shape index (κ3) is 4.13. The zero-order valence-electron chi connectivity index (χ0n) is 13.7. The fraction of sp³-hybridized carbons (Fsp3) is 0.471. The second-order valence-electron chi connectivity index (χ2n) is 5.94. The Morgan fingerprint density at radius 1 is 1.22 bits per heavy atom. The fourth-order valence-corrected chi connectivity index (χ4v) is 3.49. The van der Waals surface area contributed by atoms with Gasteiger partial charge in [0.15, 0.2) is 0 Å². The maximum Gasteiger partial charge on any atom is 0.131 e. The van der Waals surface area contributed by atoms with E-state index in [1.54, 1.807) is 11.3 Å². The molecule has 126 valence electrons. The maximum absolute atomic E-state index is 13.7. The van der Waals surface area contributed by atoms with Crippen LogP contribution in [0.1, 0.15) is 60.0 Å². The van der Waals surface area contributed by atoms with Crippen molar-refractivity contribution in [2.45, 2.75) is 45.8 Å². The molecule has 2 atom stereocenters. The predicted molar refractivity (Wildman–Crippen MR) is 88.7 cm³/mol. The zero-order chi connectivity index (χ0) is 17.1. The predicted octanol–water partition coefficient (Wildman–Crippen LogP) is 4.24. The van der Waals surface area contributed by atoms with Crippen LogP contribution in [0.15, 0.2) is 18.2 Å². The molecular weight excluding hydrogens is 318 g/mol. The molecule has 23 heavy (non-hydrogen) atoms. The molecule has 2 unspecified atom stereocenters. The Hall–Kier alpha value is -1.37. The number of aryl methyl sites for hydroxylation is 1. The largest absolute Gasteiger partial charge is 0.387 e. The Balaban J connectivity index is 2.05. The van der Waals surface area contributed by atoms with Crippen LogP contribution in [0.5, 0.6) is 0 Å². The topological polar surface area (TPSA) is 45.2 Å². The van der Waals surface area contributed by atoms with Crippen molar-refractivity contribution in [3.05, 3.63) is 51.0 Å². The lowest BCUT2D eigenvalue weighted by Crippen LogP contribution is -2.25. The van der Waals surface area contributed by atoms with Crippen LogP contribution >= 0.6 is 11.3 Å². The minimum absolute atomic E-state index is 0.0514. The second-order valence-corrected chi connectivity index (χ2v) is 7.00. The quantitative estimate of drug-likeness (QED) is 0.827. The summed E-state index contributed by atoms with van der Waals surface area (Å²) < 4.78 is 27.3. The van der Waals surface area contributed by atoms with Gasteiger partial charge in [-0.25, -0.2) is 13.8 Å². The molecule has 0 aliphatic carbocycles. The van der Waals surface area contributed by atoms with Crippen molar-refractivity contribution in [3.63, 3.8) is 0 Å². The van der Waals surface area contributed by atoms with E-state index >= 15 is 0 Å². The molecule has 0 radical (unpaired) electrons. The van der Waals surface area contributed by atoms with Gasteiger partial charge in [-0.2, -0.15) is 0 Å². The van der Waals surface area contributed by atoms with Crippen LogP contribution in [0.3, 0.4) is 0 Å². The molecule has 0 amide bonds. The highest BCUT2D eigenvalue weighted by molar-refractivity contribution is 7.11. The molecule has 0 spiro atoms. The van der Waals surface area contributed by atoms with Crippen molar-refractivity contribution in [2.24, 2.45) is 0 Å². The molecule has 2 aromatic rings. The molecule has 0 saturated heterocycles. The Kier molecular flexibility index (Phi) is 5.84. The monoisotopic (exact) mass is 340 g/mol. The molecule has 0 aliphatic heterocycles. The SMILES string of the molecule is Cc1nc(C(C)C)sc1C(C)NCC(O)c1c(F)cccc1F. The summed E-state index contributed by atoms with van der Waals surface area (Å²) in [5.74, 6) is -1.11. The van der Waals surface area contributed by atoms with Crippen molar-refractivity contribution in [2.75, 3.05) is 6.54 Å². The molecule has 2 N–H and O–H groups in total. The van der Waals surface area contributed by atoms with E-state index in [-0.39, 0.29) is 18.2 Å². The van der Waals surface area contributed by atoms with Gasteiger partial charge in [-0.15, -0.1) is 11.3 Å². The zero-order valence-corrected chi connectivity index (χ0v) is 14.5. The van der Waals surface area contributed by atoms with Crippen molar-refractivity contribution in [3.8, 4) is 0 Å². The number of hydrogen-bond acceptors (Lipinski definition) is 4. The summed E-state index contributed by atoms with van der Waals surface area (Å²) in [6.45, 7) is 8.14. The van der Waals surface area contributed by atoms with Crippen LogP contribution in [0, 0.1) is 18.6 Å². The van der Waals surface area contributed by atoms with E-state index in [2.05, 4.69) is 24.1 Å². The van der Waals surface area contributed by atoms with Crippen LogP contribution in [0.4, 0.5) is 8.78 Å². The summed E-state index contributed by atoms with van der Waals surface area (Å²) in [5.41, 5.74) is 0.654. The van der Waals surface area contributed by atoms with Gasteiger partial charge in [0, 0.05) is 23.4 Å². The second kappa shape index (κ2) is 7.47. The van der Waals surface area contributed by atoms with Gasteiger partial charge in [0.25, 0.3) is 0 Å². The van der Waals surface area contributed by atoms with E-state index in [9.17, 15) is 13.9 Å². The van der Waals surface area contributed by atoms with Crippen molar-refractivity contribution >= 4 is 11.3 Å². The van der Waals surface area contributed by atoms with E-state index in [4.69, 9.17) is 0 Å². The highest BCUT2D eigenvalue weighted by atomic mass is 32.1. The Bertz CT molecular complexity index is 652. The number of aliphatic hydroxyl groups excluding tert-OH is 1. The molecule has 0 aliphatic rings. The van der Waals surface area contributed by atoms with Crippen LogP contribution in [-0.4, -0.2) is 16.6 Å². The molecule has 0 bridgehead atoms. The molecule has 3 nitrogen and oxygen atoms in total. The molecular formula is C17H22F2N2OS. The summed E-state index contributed by atoms with van der Waals surface area (Å²) in [7, 11) is 0. The van der Waals surface area contributed by atoms with Crippen molar-refractivity contribution in [1.29, 1.82) is 0 Å². The highest BCUT2D eigenvalue weighted by Crippen LogP contribution is 2.29. The fourth-order valence-electron chi connectivity index (χ4n) is 2.39. The number of nitrogens with zero attached hydrogens (tertiary/aromatic N) is 1. The van der Waals surface area contributed by atoms with E-state index in [0.29, 0.717) is 5.92 Å². The Morgan fingerprint density at radius 3 is 2.35 bits per heavy atom. The minimum atomic E-state index is -1.24. The lowest BCUT2D eigenvalue weighted by atomic mass is 10.1. The summed E-state index contributed by atoms with van der Waals surface area (Å²) in [4.78, 5) is 5.62. The first kappa shape index (κ1) is 18.0. The maximum atomic E-state index is 13.7. The standard InChI is InChI=1S/C17H22F2N2OS/c1-9(2)17-21-11(4)16(23-17)10(3)20-8-14(22)15-12(18)6-5-7-13(15)19/h5-7,9-10,14,20,22H,8H2,1-4H3. The average Bonchev–Trinajstić information content (AvgIpc) is 2.87. The highest BCUT2D eigenvalue weighted by Gasteiger charge is 2.20. The van der Waals surface area contributed by atoms with Gasteiger partial charge in [0.05, 0.1) is 22.4 Å². The van der Waals surface area contributed by atoms with Gasteiger partial charge in [0.1, 0.15) is 11.6 Å². The van der Waals surface area contributed by atoms with Gasteiger partial charge in [-0.1, -0.05) is 19.9 Å². The molecule has 0 saturated carbocycles. The molecule has 6 heteroatoms. The smallest absolute Gasteiger partial charge is 0.131 e. The number of thiazole rings is 1. The first-order chi connectivity index (χ1) is 10.8. The normalized spacial score (nSPS) is 14.3. The molecule has 1 aromatic heterocycles. The number of aromatic nitrogens is 1. The van der Waals surface area contributed by atoms with Gasteiger partial charge in [0.2, 0.25) is 0 Å². The van der Waals surface area contributed by atoms with Gasteiger partial charge < -0.3 is 10.4 Å². The summed E-state index contributed by atoms with van der Waals surface area (Å²) >= 11 is 1.63. The third-order valence-electron chi connectivity index (χ3n) is 3.69. The Labute approximate surface area is 139 Å². The number of nitrogens with one attached hydrogen (secondary N) is 1. The van der Waals surface area contributed by atoms with Crippen molar-refractivity contribution < 1.29 is 13.9 Å². The molecule has 0 fully saturated rings. The number of hydrogen-bond donors (Lipinski definition) is 2. The molecule has 1 aromatic carbocycles. The van der Waals surface area contributed by atoms with Crippen LogP contribution in [-0.2, 0) is 0 Å². The van der Waals surface area contributed by atoms with Crippen LogP contribution < -0.4 is 5.32 Å². The van der Waals surface area contributed by atoms with Crippen LogP contribution in [0.2, 0.25) is 0 Å². The van der Waals surface area contributed by atoms with E-state index in [1.807, 2.05) is 13.8 Å². The molecule has 2 rings (SSSR count). The van der Waals surface area contributed by atoms with E-state index in [1.165, 1.54) is 6.07 Å². The van der Waals surface area contributed by atoms with Gasteiger partial charge in [-0.05, 0) is 26.0 Å². The Morgan fingerprint density at radius 2 is 1.83 bits per heavy atom. The van der Waals surface area contributed by atoms with Gasteiger partial charge >= 0.3 is 0 Å². The lowest BCUT2D eigenvalue weighted by Gasteiger charge is -2.17. The molecule has 1 heterocycles. The summed E-state index contributed by atoms with van der Waals surface area (Å²) in [5, 5.41) is 14.3. The number of benzene rings is 1. The van der Waals surface area contributed by atoms with Gasteiger partial charge in [-0.3, -0.25) is 0 Å². The van der Waals surface area contributed by atoms with Crippen LogP contribution in [0.25, 0.3) is 0 Å². The average molecular weight is 340 g/mol. The van der Waals surface area contributed by atoms with E-state index < -0.39 is 17.7 Å². The number of rotatable bonds is 6. The number of aliphatic hydroxyl groups is 1. The number of halogens is 2.